The molecule has 3 aromatic rings. The minimum atomic E-state index is -3.42. The first-order valence-electron chi connectivity index (χ1n) is 9.42. The number of para-hydroxylation sites is 1. The van der Waals surface area contributed by atoms with E-state index in [2.05, 4.69) is 22.3 Å². The molecule has 0 saturated carbocycles. The molecule has 0 unspecified atom stereocenters. The van der Waals surface area contributed by atoms with Gasteiger partial charge in [0.1, 0.15) is 0 Å². The van der Waals surface area contributed by atoms with Gasteiger partial charge in [-0.3, -0.25) is 9.59 Å². The largest absolute Gasteiger partial charge is 0.323 e. The van der Waals surface area contributed by atoms with Gasteiger partial charge in [0.05, 0.1) is 28.7 Å². The van der Waals surface area contributed by atoms with Crippen LogP contribution in [0.5, 0.6) is 0 Å². The Morgan fingerprint density at radius 3 is 2.45 bits per heavy atom. The Bertz CT molecular complexity index is 1210. The molecule has 0 atom stereocenters. The highest BCUT2D eigenvalue weighted by Gasteiger charge is 2.15. The van der Waals surface area contributed by atoms with Gasteiger partial charge in [0.2, 0.25) is 11.8 Å². The van der Waals surface area contributed by atoms with Gasteiger partial charge < -0.3 is 10.6 Å². The van der Waals surface area contributed by atoms with E-state index >= 15 is 0 Å². The summed E-state index contributed by atoms with van der Waals surface area (Å²) in [6, 6.07) is 13.7. The first kappa shape index (κ1) is 22.0. The minimum absolute atomic E-state index is 0.156. The number of amides is 2. The van der Waals surface area contributed by atoms with Crippen molar-refractivity contribution in [3.63, 3.8) is 0 Å². The summed E-state index contributed by atoms with van der Waals surface area (Å²) in [5, 5.41) is 9.60. The third-order valence-electron chi connectivity index (χ3n) is 4.43. The van der Waals surface area contributed by atoms with E-state index in [1.54, 1.807) is 36.5 Å². The molecule has 2 amide bonds. The molecule has 31 heavy (non-hydrogen) atoms. The van der Waals surface area contributed by atoms with Crippen LogP contribution < -0.4 is 10.6 Å². The van der Waals surface area contributed by atoms with Crippen LogP contribution in [0.15, 0.2) is 78.5 Å². The Kier molecular flexibility index (Phi) is 6.66. The molecule has 9 heteroatoms. The maximum atomic E-state index is 12.3. The number of sulfone groups is 1. The number of aryl methyl sites for hydroxylation is 1. The molecular weight excluding hydrogens is 416 g/mol. The van der Waals surface area contributed by atoms with Gasteiger partial charge in [-0.2, -0.15) is 5.10 Å². The fourth-order valence-electron chi connectivity index (χ4n) is 2.91. The molecule has 0 radical (unpaired) electrons. The van der Waals surface area contributed by atoms with E-state index in [-0.39, 0.29) is 23.1 Å². The van der Waals surface area contributed by atoms with Gasteiger partial charge in [-0.25, -0.2) is 13.1 Å². The van der Waals surface area contributed by atoms with Crippen LogP contribution in [-0.2, 0) is 25.8 Å². The highest BCUT2D eigenvalue weighted by atomic mass is 32.2. The molecule has 3 rings (SSSR count). The molecule has 0 fully saturated rings. The van der Waals surface area contributed by atoms with Gasteiger partial charge in [0, 0.05) is 18.4 Å². The summed E-state index contributed by atoms with van der Waals surface area (Å²) in [6.07, 6.45) is 6.14. The number of benzene rings is 2. The van der Waals surface area contributed by atoms with Crippen molar-refractivity contribution in [3.05, 3.63) is 79.1 Å². The zero-order chi connectivity index (χ0) is 22.4. The van der Waals surface area contributed by atoms with E-state index in [0.29, 0.717) is 23.5 Å². The predicted molar refractivity (Wildman–Crippen MR) is 119 cm³/mol. The fraction of sp³-hybridized carbons (Fsp3) is 0.136. The molecule has 1 heterocycles. The summed E-state index contributed by atoms with van der Waals surface area (Å²) in [4.78, 5) is 23.7. The van der Waals surface area contributed by atoms with Crippen LogP contribution in [0.2, 0.25) is 0 Å². The van der Waals surface area contributed by atoms with Crippen LogP contribution in [-0.4, -0.2) is 36.3 Å². The van der Waals surface area contributed by atoms with E-state index in [1.165, 1.54) is 23.0 Å². The van der Waals surface area contributed by atoms with Crippen molar-refractivity contribution in [2.45, 2.75) is 17.7 Å². The molecule has 2 N–H and O–H groups in total. The second-order valence-corrected chi connectivity index (χ2v) is 8.84. The van der Waals surface area contributed by atoms with Crippen LogP contribution >= 0.6 is 0 Å². The van der Waals surface area contributed by atoms with Gasteiger partial charge in [0.15, 0.2) is 9.84 Å². The molecule has 0 saturated heterocycles. The number of hydrogen-bond donors (Lipinski definition) is 2. The average Bonchev–Trinajstić information content (AvgIpc) is 3.21. The summed E-state index contributed by atoms with van der Waals surface area (Å²) in [7, 11) is -3.42. The maximum absolute atomic E-state index is 12.3. The number of nitrogens with one attached hydrogen (secondary N) is 2. The van der Waals surface area contributed by atoms with E-state index < -0.39 is 9.84 Å². The molecular formula is C22H22N4O4S. The maximum Gasteiger partial charge on any atom is 0.247 e. The normalized spacial score (nSPS) is 11.0. The number of carbonyl (C=O) groups is 2. The van der Waals surface area contributed by atoms with E-state index in [0.717, 1.165) is 11.8 Å². The second-order valence-electron chi connectivity index (χ2n) is 6.85. The zero-order valence-electron chi connectivity index (χ0n) is 16.9. The molecule has 0 bridgehead atoms. The van der Waals surface area contributed by atoms with Crippen molar-refractivity contribution in [2.24, 2.45) is 0 Å². The lowest BCUT2D eigenvalue weighted by Crippen LogP contribution is -2.12. The lowest BCUT2D eigenvalue weighted by atomic mass is 10.1. The molecule has 0 aliphatic heterocycles. The number of hydrogen-bond acceptors (Lipinski definition) is 5. The molecule has 8 nitrogen and oxygen atoms in total. The molecule has 1 aromatic heterocycles. The minimum Gasteiger partial charge on any atom is -0.323 e. The lowest BCUT2D eigenvalue weighted by molar-refractivity contribution is -0.116. The van der Waals surface area contributed by atoms with E-state index in [1.807, 2.05) is 12.1 Å². The van der Waals surface area contributed by atoms with Gasteiger partial charge in [0.25, 0.3) is 0 Å². The SMILES string of the molecule is C=CC(=O)Nc1ccc(CCC(=O)Nc2cnn(-c3ccccc3S(C)(=O)=O)c2)cc1. The summed E-state index contributed by atoms with van der Waals surface area (Å²) in [6.45, 7) is 3.40. The van der Waals surface area contributed by atoms with Gasteiger partial charge >= 0.3 is 0 Å². The van der Waals surface area contributed by atoms with Crippen molar-refractivity contribution in [3.8, 4) is 5.69 Å². The Balaban J connectivity index is 1.60. The van der Waals surface area contributed by atoms with Crippen LogP contribution in [0.3, 0.4) is 0 Å². The summed E-state index contributed by atoms with van der Waals surface area (Å²) >= 11 is 0. The van der Waals surface area contributed by atoms with E-state index in [4.69, 9.17) is 0 Å². The van der Waals surface area contributed by atoms with Crippen molar-refractivity contribution in [1.29, 1.82) is 0 Å². The zero-order valence-corrected chi connectivity index (χ0v) is 17.7. The number of anilines is 2. The standard InChI is InChI=1S/C22H22N4O4S/c1-3-21(27)24-17-11-8-16(9-12-17)10-13-22(28)25-18-14-23-26(15-18)19-6-4-5-7-20(19)31(2,29)30/h3-9,11-12,14-15H,1,10,13H2,2H3,(H,24,27)(H,25,28). The van der Waals surface area contributed by atoms with Crippen molar-refractivity contribution in [1.82, 2.24) is 9.78 Å². The Labute approximate surface area is 180 Å². The van der Waals surface area contributed by atoms with Crippen LogP contribution in [0.1, 0.15) is 12.0 Å². The van der Waals surface area contributed by atoms with Crippen molar-refractivity contribution < 1.29 is 18.0 Å². The Morgan fingerprint density at radius 2 is 1.77 bits per heavy atom. The van der Waals surface area contributed by atoms with Crippen LogP contribution in [0.4, 0.5) is 11.4 Å². The van der Waals surface area contributed by atoms with Crippen molar-refractivity contribution >= 4 is 33.0 Å². The van der Waals surface area contributed by atoms with Crippen molar-refractivity contribution in [2.75, 3.05) is 16.9 Å². The fourth-order valence-corrected chi connectivity index (χ4v) is 3.78. The van der Waals surface area contributed by atoms with Gasteiger partial charge in [-0.1, -0.05) is 30.8 Å². The second kappa shape index (κ2) is 9.40. The number of aromatic nitrogens is 2. The number of carbonyl (C=O) groups excluding carboxylic acids is 2. The first-order chi connectivity index (χ1) is 14.8. The lowest BCUT2D eigenvalue weighted by Gasteiger charge is -2.07. The molecule has 160 valence electrons. The summed E-state index contributed by atoms with van der Waals surface area (Å²) in [5.41, 5.74) is 2.48. The number of nitrogens with zero attached hydrogens (tertiary/aromatic N) is 2. The van der Waals surface area contributed by atoms with E-state index in [9.17, 15) is 18.0 Å². The van der Waals surface area contributed by atoms with Gasteiger partial charge in [-0.05, 0) is 42.3 Å². The van der Waals surface area contributed by atoms with Crippen LogP contribution in [0, 0.1) is 0 Å². The third-order valence-corrected chi connectivity index (χ3v) is 5.57. The first-order valence-corrected chi connectivity index (χ1v) is 11.3. The third kappa shape index (κ3) is 5.89. The summed E-state index contributed by atoms with van der Waals surface area (Å²) < 4.78 is 25.4. The molecule has 0 aliphatic carbocycles. The smallest absolute Gasteiger partial charge is 0.247 e. The monoisotopic (exact) mass is 438 g/mol. The van der Waals surface area contributed by atoms with Crippen LogP contribution in [0.25, 0.3) is 5.69 Å². The summed E-state index contributed by atoms with van der Waals surface area (Å²) in [5.74, 6) is -0.480. The molecule has 0 aliphatic rings. The highest BCUT2D eigenvalue weighted by Crippen LogP contribution is 2.21. The Hall–Kier alpha value is -3.72. The predicted octanol–water partition coefficient (Wildman–Crippen LogP) is 2.97. The Morgan fingerprint density at radius 1 is 1.06 bits per heavy atom. The topological polar surface area (TPSA) is 110 Å². The molecule has 2 aromatic carbocycles. The number of rotatable bonds is 8. The van der Waals surface area contributed by atoms with Gasteiger partial charge in [-0.15, -0.1) is 0 Å². The molecule has 0 spiro atoms. The average molecular weight is 439 g/mol. The highest BCUT2D eigenvalue weighted by molar-refractivity contribution is 7.90. The quantitative estimate of drug-likeness (QED) is 0.526.